The molecule has 0 unspecified atom stereocenters. The second kappa shape index (κ2) is 10.4. The zero-order chi connectivity index (χ0) is 22.4. The van der Waals surface area contributed by atoms with Crippen LogP contribution in [0.25, 0.3) is 0 Å². The minimum atomic E-state index is -0.318. The molecular weight excluding hydrogens is 410 g/mol. The molecule has 0 atom stereocenters. The number of nitrogens with one attached hydrogen (secondary N) is 3. The van der Waals surface area contributed by atoms with Crippen LogP contribution in [0, 0.1) is 18.8 Å². The van der Waals surface area contributed by atoms with Crippen molar-refractivity contribution in [3.63, 3.8) is 0 Å². The average Bonchev–Trinajstić information content (AvgIpc) is 3.56. The summed E-state index contributed by atoms with van der Waals surface area (Å²) in [6.07, 6.45) is 2.84. The van der Waals surface area contributed by atoms with Gasteiger partial charge in [0.05, 0.1) is 6.61 Å². The first-order valence-electron chi connectivity index (χ1n) is 10.6. The Labute approximate surface area is 188 Å². The van der Waals surface area contributed by atoms with E-state index in [1.54, 1.807) is 18.2 Å². The number of amides is 2. The number of ether oxygens (including phenoxy) is 1. The molecule has 1 saturated carbocycles. The zero-order valence-electron chi connectivity index (χ0n) is 18.2. The monoisotopic (exact) mass is 439 g/mol. The topological polar surface area (TPSA) is 79.5 Å². The molecule has 6 nitrogen and oxygen atoms in total. The summed E-state index contributed by atoms with van der Waals surface area (Å²) in [5, 5.41) is 8.83. The maximum absolute atomic E-state index is 12.6. The van der Waals surface area contributed by atoms with Crippen LogP contribution in [-0.4, -0.2) is 23.5 Å². The number of hydrogen-bond acceptors (Lipinski definition) is 4. The molecule has 0 saturated heterocycles. The number of rotatable bonds is 8. The number of benzene rings is 2. The van der Waals surface area contributed by atoms with E-state index in [1.165, 1.54) is 0 Å². The number of aryl methyl sites for hydroxylation is 1. The lowest BCUT2D eigenvalue weighted by Crippen LogP contribution is -2.34. The Morgan fingerprint density at radius 2 is 1.90 bits per heavy atom. The van der Waals surface area contributed by atoms with E-state index in [1.807, 2.05) is 31.2 Å². The van der Waals surface area contributed by atoms with Gasteiger partial charge in [-0.05, 0) is 80.2 Å². The molecule has 0 aromatic heterocycles. The van der Waals surface area contributed by atoms with Crippen LogP contribution in [0.5, 0.6) is 5.75 Å². The van der Waals surface area contributed by atoms with Gasteiger partial charge in [-0.3, -0.25) is 14.9 Å². The van der Waals surface area contributed by atoms with Crippen LogP contribution in [0.2, 0.25) is 0 Å². The predicted octanol–water partition coefficient (Wildman–Crippen LogP) is 4.90. The fourth-order valence-electron chi connectivity index (χ4n) is 2.89. The van der Waals surface area contributed by atoms with Crippen molar-refractivity contribution >= 4 is 40.5 Å². The molecular formula is C24H29N3O3S. The first-order valence-corrected chi connectivity index (χ1v) is 11.0. The highest BCUT2D eigenvalue weighted by Gasteiger charge is 2.29. The van der Waals surface area contributed by atoms with Gasteiger partial charge in [-0.1, -0.05) is 26.0 Å². The number of carbonyl (C=O) groups excluding carboxylic acids is 2. The van der Waals surface area contributed by atoms with Gasteiger partial charge in [0, 0.05) is 22.9 Å². The highest BCUT2D eigenvalue weighted by Crippen LogP contribution is 2.31. The van der Waals surface area contributed by atoms with E-state index in [0.29, 0.717) is 29.5 Å². The Morgan fingerprint density at radius 1 is 1.13 bits per heavy atom. The van der Waals surface area contributed by atoms with Crippen molar-refractivity contribution in [2.45, 2.75) is 40.0 Å². The van der Waals surface area contributed by atoms with Crippen LogP contribution in [-0.2, 0) is 4.79 Å². The minimum absolute atomic E-state index is 0.0478. The average molecular weight is 440 g/mol. The molecule has 2 amide bonds. The van der Waals surface area contributed by atoms with Gasteiger partial charge in [-0.25, -0.2) is 0 Å². The van der Waals surface area contributed by atoms with E-state index in [0.717, 1.165) is 30.5 Å². The lowest BCUT2D eigenvalue weighted by molar-refractivity contribution is -0.117. The Balaban J connectivity index is 1.56. The summed E-state index contributed by atoms with van der Waals surface area (Å²) in [5.74, 6) is 1.07. The Hall–Kier alpha value is -2.93. The van der Waals surface area contributed by atoms with Crippen molar-refractivity contribution in [2.24, 2.45) is 11.8 Å². The standard InChI is InChI=1S/C24H29N3O3S/c1-15(2)11-12-30-20-6-4-5-18(13-20)23(29)27-24(31)25-19-10-7-16(3)21(14-19)26-22(28)17-8-9-17/h4-7,10,13-15,17H,8-9,11-12H2,1-3H3,(H,26,28)(H2,25,27,29,31). The van der Waals surface area contributed by atoms with E-state index in [4.69, 9.17) is 17.0 Å². The van der Waals surface area contributed by atoms with Gasteiger partial charge in [0.1, 0.15) is 5.75 Å². The molecule has 1 aliphatic rings. The molecule has 1 fully saturated rings. The third kappa shape index (κ3) is 7.07. The number of hydrogen-bond donors (Lipinski definition) is 3. The maximum atomic E-state index is 12.6. The summed E-state index contributed by atoms with van der Waals surface area (Å²) in [6.45, 7) is 6.82. The van der Waals surface area contributed by atoms with E-state index in [2.05, 4.69) is 29.8 Å². The van der Waals surface area contributed by atoms with Crippen LogP contribution in [0.1, 0.15) is 49.0 Å². The van der Waals surface area contributed by atoms with Crippen LogP contribution >= 0.6 is 12.2 Å². The summed E-state index contributed by atoms with van der Waals surface area (Å²) in [7, 11) is 0. The summed E-state index contributed by atoms with van der Waals surface area (Å²) in [6, 6.07) is 12.6. The molecule has 7 heteroatoms. The van der Waals surface area contributed by atoms with Crippen LogP contribution in [0.4, 0.5) is 11.4 Å². The summed E-state index contributed by atoms with van der Waals surface area (Å²) in [4.78, 5) is 24.6. The summed E-state index contributed by atoms with van der Waals surface area (Å²) < 4.78 is 5.72. The van der Waals surface area contributed by atoms with Crippen molar-refractivity contribution in [1.29, 1.82) is 0 Å². The molecule has 164 valence electrons. The van der Waals surface area contributed by atoms with Gasteiger partial charge in [0.2, 0.25) is 5.91 Å². The van der Waals surface area contributed by atoms with Gasteiger partial charge < -0.3 is 15.4 Å². The molecule has 0 heterocycles. The van der Waals surface area contributed by atoms with Gasteiger partial charge in [-0.2, -0.15) is 0 Å². The van der Waals surface area contributed by atoms with Gasteiger partial charge in [-0.15, -0.1) is 0 Å². The molecule has 2 aromatic rings. The molecule has 0 radical (unpaired) electrons. The van der Waals surface area contributed by atoms with E-state index < -0.39 is 0 Å². The quantitative estimate of drug-likeness (QED) is 0.510. The molecule has 31 heavy (non-hydrogen) atoms. The summed E-state index contributed by atoms with van der Waals surface area (Å²) in [5.41, 5.74) is 2.85. The third-order valence-electron chi connectivity index (χ3n) is 4.99. The zero-order valence-corrected chi connectivity index (χ0v) is 19.0. The fraction of sp³-hybridized carbons (Fsp3) is 0.375. The molecule has 0 bridgehead atoms. The van der Waals surface area contributed by atoms with Gasteiger partial charge >= 0.3 is 0 Å². The van der Waals surface area contributed by atoms with Crippen molar-refractivity contribution in [3.8, 4) is 5.75 Å². The SMILES string of the molecule is Cc1ccc(NC(=S)NC(=O)c2cccc(OCCC(C)C)c2)cc1NC(=O)C1CC1. The van der Waals surface area contributed by atoms with Crippen LogP contribution < -0.4 is 20.7 Å². The second-order valence-corrected chi connectivity index (χ2v) is 8.67. The molecule has 2 aromatic carbocycles. The molecule has 0 spiro atoms. The van der Waals surface area contributed by atoms with Crippen molar-refractivity contribution in [1.82, 2.24) is 5.32 Å². The summed E-state index contributed by atoms with van der Waals surface area (Å²) >= 11 is 5.30. The van der Waals surface area contributed by atoms with Crippen molar-refractivity contribution < 1.29 is 14.3 Å². The largest absolute Gasteiger partial charge is 0.494 e. The molecule has 0 aliphatic heterocycles. The van der Waals surface area contributed by atoms with Gasteiger partial charge in [0.25, 0.3) is 5.91 Å². The predicted molar refractivity (Wildman–Crippen MR) is 128 cm³/mol. The van der Waals surface area contributed by atoms with Crippen LogP contribution in [0.15, 0.2) is 42.5 Å². The number of thiocarbonyl (C=S) groups is 1. The molecule has 3 N–H and O–H groups in total. The van der Waals surface area contributed by atoms with Crippen molar-refractivity contribution in [2.75, 3.05) is 17.2 Å². The highest BCUT2D eigenvalue weighted by atomic mass is 32.1. The molecule has 3 rings (SSSR count). The van der Waals surface area contributed by atoms with E-state index >= 15 is 0 Å². The third-order valence-corrected chi connectivity index (χ3v) is 5.19. The van der Waals surface area contributed by atoms with E-state index in [-0.39, 0.29) is 22.8 Å². The Kier molecular flexibility index (Phi) is 7.63. The normalized spacial score (nSPS) is 12.9. The maximum Gasteiger partial charge on any atom is 0.257 e. The first-order chi connectivity index (χ1) is 14.8. The fourth-order valence-corrected chi connectivity index (χ4v) is 3.10. The first kappa shape index (κ1) is 22.7. The Morgan fingerprint density at radius 3 is 2.61 bits per heavy atom. The number of carbonyl (C=O) groups is 2. The number of anilines is 2. The lowest BCUT2D eigenvalue weighted by Gasteiger charge is -2.14. The van der Waals surface area contributed by atoms with Crippen molar-refractivity contribution in [3.05, 3.63) is 53.6 Å². The van der Waals surface area contributed by atoms with Crippen LogP contribution in [0.3, 0.4) is 0 Å². The van der Waals surface area contributed by atoms with Gasteiger partial charge in [0.15, 0.2) is 5.11 Å². The second-order valence-electron chi connectivity index (χ2n) is 8.26. The molecule has 1 aliphatic carbocycles. The lowest BCUT2D eigenvalue weighted by atomic mass is 10.1. The van der Waals surface area contributed by atoms with E-state index in [9.17, 15) is 9.59 Å². The highest BCUT2D eigenvalue weighted by molar-refractivity contribution is 7.80. The smallest absolute Gasteiger partial charge is 0.257 e. The Bertz CT molecular complexity index is 970. The minimum Gasteiger partial charge on any atom is -0.494 e.